The summed E-state index contributed by atoms with van der Waals surface area (Å²) >= 11 is 0. The smallest absolute Gasteiger partial charge is 0.337 e. The fourth-order valence-corrected chi connectivity index (χ4v) is 0.596. The predicted octanol–water partition coefficient (Wildman–Crippen LogP) is 0.335. The SMILES string of the molecule is COCC(C)OC(=O)C(C)(C)O. The highest BCUT2D eigenvalue weighted by atomic mass is 16.6. The van der Waals surface area contributed by atoms with Crippen LogP contribution in [0.5, 0.6) is 0 Å². The average molecular weight is 176 g/mol. The van der Waals surface area contributed by atoms with Gasteiger partial charge in [0.2, 0.25) is 0 Å². The number of ether oxygens (including phenoxy) is 2. The Morgan fingerprint density at radius 1 is 1.58 bits per heavy atom. The van der Waals surface area contributed by atoms with Gasteiger partial charge in [0.15, 0.2) is 5.60 Å². The molecule has 0 saturated carbocycles. The minimum absolute atomic E-state index is 0.325. The van der Waals surface area contributed by atoms with Gasteiger partial charge in [0.1, 0.15) is 6.10 Å². The molecular formula is C8H16O4. The third-order valence-electron chi connectivity index (χ3n) is 1.21. The third-order valence-corrected chi connectivity index (χ3v) is 1.21. The van der Waals surface area contributed by atoms with E-state index >= 15 is 0 Å². The average Bonchev–Trinajstić information content (AvgIpc) is 1.85. The van der Waals surface area contributed by atoms with Gasteiger partial charge >= 0.3 is 5.97 Å². The molecule has 0 radical (unpaired) electrons. The van der Waals surface area contributed by atoms with Crippen molar-refractivity contribution in [3.8, 4) is 0 Å². The van der Waals surface area contributed by atoms with E-state index < -0.39 is 11.6 Å². The van der Waals surface area contributed by atoms with Crippen molar-refractivity contribution < 1.29 is 19.4 Å². The van der Waals surface area contributed by atoms with Gasteiger partial charge in [-0.15, -0.1) is 0 Å². The van der Waals surface area contributed by atoms with Gasteiger partial charge in [-0.25, -0.2) is 4.79 Å². The summed E-state index contributed by atoms with van der Waals surface area (Å²) in [7, 11) is 1.52. The van der Waals surface area contributed by atoms with Crippen LogP contribution in [0.2, 0.25) is 0 Å². The minimum atomic E-state index is -1.43. The molecule has 4 nitrogen and oxygen atoms in total. The van der Waals surface area contributed by atoms with Crippen molar-refractivity contribution in [2.45, 2.75) is 32.5 Å². The van der Waals surface area contributed by atoms with E-state index in [1.54, 1.807) is 6.92 Å². The molecule has 0 rings (SSSR count). The molecule has 0 aliphatic heterocycles. The number of hydrogen-bond acceptors (Lipinski definition) is 4. The van der Waals surface area contributed by atoms with E-state index in [0.717, 1.165) is 0 Å². The molecule has 12 heavy (non-hydrogen) atoms. The highest BCUT2D eigenvalue weighted by Crippen LogP contribution is 2.06. The van der Waals surface area contributed by atoms with E-state index in [-0.39, 0.29) is 6.10 Å². The summed E-state index contributed by atoms with van der Waals surface area (Å²) < 4.78 is 9.60. The van der Waals surface area contributed by atoms with Crippen LogP contribution < -0.4 is 0 Å². The lowest BCUT2D eigenvalue weighted by atomic mass is 10.1. The van der Waals surface area contributed by atoms with Crippen LogP contribution in [0.15, 0.2) is 0 Å². The zero-order chi connectivity index (χ0) is 9.78. The Bertz CT molecular complexity index is 148. The van der Waals surface area contributed by atoms with Crippen molar-refractivity contribution in [1.82, 2.24) is 0 Å². The molecule has 0 aromatic rings. The van der Waals surface area contributed by atoms with Gasteiger partial charge in [-0.3, -0.25) is 0 Å². The molecule has 72 valence electrons. The van der Waals surface area contributed by atoms with Crippen LogP contribution in [0.1, 0.15) is 20.8 Å². The lowest BCUT2D eigenvalue weighted by Gasteiger charge is -2.19. The van der Waals surface area contributed by atoms with Crippen LogP contribution >= 0.6 is 0 Å². The molecule has 0 aliphatic rings. The molecule has 0 fully saturated rings. The van der Waals surface area contributed by atoms with Crippen molar-refractivity contribution in [1.29, 1.82) is 0 Å². The number of aliphatic hydroxyl groups is 1. The highest BCUT2D eigenvalue weighted by Gasteiger charge is 2.27. The Labute approximate surface area is 72.5 Å². The van der Waals surface area contributed by atoms with E-state index in [2.05, 4.69) is 0 Å². The normalized spacial score (nSPS) is 14.1. The van der Waals surface area contributed by atoms with Gasteiger partial charge in [-0.2, -0.15) is 0 Å². The molecule has 0 saturated heterocycles. The van der Waals surface area contributed by atoms with Crippen molar-refractivity contribution in [3.05, 3.63) is 0 Å². The Morgan fingerprint density at radius 2 is 2.08 bits per heavy atom. The summed E-state index contributed by atoms with van der Waals surface area (Å²) in [5, 5.41) is 9.19. The Morgan fingerprint density at radius 3 is 2.42 bits per heavy atom. The van der Waals surface area contributed by atoms with E-state index in [1.807, 2.05) is 0 Å². The molecule has 0 heterocycles. The first-order chi connectivity index (χ1) is 5.38. The van der Waals surface area contributed by atoms with Gasteiger partial charge in [-0.05, 0) is 20.8 Å². The first-order valence-electron chi connectivity index (χ1n) is 3.80. The second-order valence-electron chi connectivity index (χ2n) is 3.23. The van der Waals surface area contributed by atoms with Crippen molar-refractivity contribution >= 4 is 5.97 Å². The maximum atomic E-state index is 11.0. The van der Waals surface area contributed by atoms with E-state index in [0.29, 0.717) is 6.61 Å². The maximum Gasteiger partial charge on any atom is 0.337 e. The summed E-state index contributed by atoms with van der Waals surface area (Å²) in [5.41, 5.74) is -1.43. The molecule has 0 aromatic heterocycles. The van der Waals surface area contributed by atoms with Gasteiger partial charge in [-0.1, -0.05) is 0 Å². The van der Waals surface area contributed by atoms with Gasteiger partial charge in [0, 0.05) is 7.11 Å². The maximum absolute atomic E-state index is 11.0. The third kappa shape index (κ3) is 4.31. The lowest BCUT2D eigenvalue weighted by molar-refractivity contribution is -0.168. The Hall–Kier alpha value is -0.610. The van der Waals surface area contributed by atoms with Crippen LogP contribution in [-0.2, 0) is 14.3 Å². The molecule has 1 atom stereocenters. The summed E-state index contributed by atoms with van der Waals surface area (Å²) in [6.07, 6.45) is -0.325. The predicted molar refractivity (Wildman–Crippen MR) is 43.7 cm³/mol. The van der Waals surface area contributed by atoms with E-state index in [4.69, 9.17) is 9.47 Å². The number of hydrogen-bond donors (Lipinski definition) is 1. The fourth-order valence-electron chi connectivity index (χ4n) is 0.596. The number of methoxy groups -OCH3 is 1. The van der Waals surface area contributed by atoms with Gasteiger partial charge in [0.25, 0.3) is 0 Å². The standard InChI is InChI=1S/C8H16O4/c1-6(5-11-4)12-7(9)8(2,3)10/h6,10H,5H2,1-4H3. The van der Waals surface area contributed by atoms with Crippen molar-refractivity contribution in [2.75, 3.05) is 13.7 Å². The summed E-state index contributed by atoms with van der Waals surface area (Å²) in [5.74, 6) is -0.632. The molecule has 0 spiro atoms. The highest BCUT2D eigenvalue weighted by molar-refractivity contribution is 5.78. The molecule has 0 bridgehead atoms. The molecular weight excluding hydrogens is 160 g/mol. The summed E-state index contributed by atoms with van der Waals surface area (Å²) in [6, 6.07) is 0. The summed E-state index contributed by atoms with van der Waals surface area (Å²) in [6.45, 7) is 4.80. The molecule has 0 aliphatic carbocycles. The molecule has 0 amide bonds. The fraction of sp³-hybridized carbons (Fsp3) is 0.875. The summed E-state index contributed by atoms with van der Waals surface area (Å²) in [4.78, 5) is 11.0. The van der Waals surface area contributed by atoms with E-state index in [1.165, 1.54) is 21.0 Å². The van der Waals surface area contributed by atoms with Crippen LogP contribution in [0.25, 0.3) is 0 Å². The van der Waals surface area contributed by atoms with Crippen LogP contribution in [0.3, 0.4) is 0 Å². The van der Waals surface area contributed by atoms with Crippen LogP contribution in [0.4, 0.5) is 0 Å². The van der Waals surface area contributed by atoms with Gasteiger partial charge in [0.05, 0.1) is 6.61 Å². The first-order valence-corrected chi connectivity index (χ1v) is 3.80. The van der Waals surface area contributed by atoms with Crippen molar-refractivity contribution in [3.63, 3.8) is 0 Å². The Kier molecular flexibility index (Phi) is 4.20. The zero-order valence-electron chi connectivity index (χ0n) is 7.96. The van der Waals surface area contributed by atoms with Crippen LogP contribution in [0, 0.1) is 0 Å². The van der Waals surface area contributed by atoms with E-state index in [9.17, 15) is 9.90 Å². The topological polar surface area (TPSA) is 55.8 Å². The second-order valence-corrected chi connectivity index (χ2v) is 3.23. The van der Waals surface area contributed by atoms with Gasteiger partial charge < -0.3 is 14.6 Å². The molecule has 1 unspecified atom stereocenters. The largest absolute Gasteiger partial charge is 0.458 e. The zero-order valence-corrected chi connectivity index (χ0v) is 7.96. The number of esters is 1. The minimum Gasteiger partial charge on any atom is -0.458 e. The van der Waals surface area contributed by atoms with Crippen LogP contribution in [-0.4, -0.2) is 36.5 Å². The molecule has 1 N–H and O–H groups in total. The molecule has 0 aromatic carbocycles. The monoisotopic (exact) mass is 176 g/mol. The number of carbonyl (C=O) groups excluding carboxylic acids is 1. The number of carbonyl (C=O) groups is 1. The Balaban J connectivity index is 3.85. The van der Waals surface area contributed by atoms with Crippen molar-refractivity contribution in [2.24, 2.45) is 0 Å². The quantitative estimate of drug-likeness (QED) is 0.627. The first kappa shape index (κ1) is 11.4. The molecule has 4 heteroatoms. The number of rotatable bonds is 4. The lowest BCUT2D eigenvalue weighted by Crippen LogP contribution is -2.36. The second kappa shape index (κ2) is 4.42.